The van der Waals surface area contributed by atoms with E-state index in [4.69, 9.17) is 19.9 Å². The van der Waals surface area contributed by atoms with Crippen LogP contribution in [0.3, 0.4) is 0 Å². The van der Waals surface area contributed by atoms with Crippen LogP contribution < -0.4 is 0 Å². The zero-order valence-corrected chi connectivity index (χ0v) is 69.4. The number of benzene rings is 4. The number of H-pyrrole nitrogens is 4. The molecule has 0 aliphatic carbocycles. The smallest absolute Gasteiger partial charge is 0.227 e. The van der Waals surface area contributed by atoms with Crippen molar-refractivity contribution in [1.29, 1.82) is 0 Å². The summed E-state index contributed by atoms with van der Waals surface area (Å²) in [6, 6.07) is 58.4. The molecule has 24 nitrogen and oxygen atoms in total. The molecule has 0 spiro atoms. The number of pyridine rings is 4. The number of aromatic amines is 4. The van der Waals surface area contributed by atoms with Gasteiger partial charge in [-0.25, -0.2) is 28.7 Å². The van der Waals surface area contributed by atoms with Crippen molar-refractivity contribution in [3.63, 3.8) is 0 Å². The maximum atomic E-state index is 13.4. The summed E-state index contributed by atoms with van der Waals surface area (Å²) in [5.41, 5.74) is 19.7. The van der Waals surface area contributed by atoms with E-state index in [0.717, 1.165) is 189 Å². The van der Waals surface area contributed by atoms with Crippen LogP contribution in [0.5, 0.6) is 0 Å². The maximum Gasteiger partial charge on any atom is 0.227 e. The quantitative estimate of drug-likeness (QED) is 0.0523. The lowest BCUT2D eigenvalue weighted by Gasteiger charge is -2.21. The molecule has 26 heteroatoms. The average Bonchev–Trinajstić information content (AvgIpc) is 1.66. The van der Waals surface area contributed by atoms with Gasteiger partial charge in [0.25, 0.3) is 0 Å². The third-order valence-electron chi connectivity index (χ3n) is 24.6. The van der Waals surface area contributed by atoms with E-state index in [0.29, 0.717) is 49.4 Å². The Labute approximate surface area is 711 Å². The van der Waals surface area contributed by atoms with Crippen molar-refractivity contribution in [2.45, 2.75) is 136 Å². The number of hydrogen-bond acceptors (Lipinski definition) is 12. The third-order valence-corrected chi connectivity index (χ3v) is 24.6. The fraction of sp³-hybridized carbons (Fsp3) is 0.299. The number of halogens is 2. The van der Waals surface area contributed by atoms with E-state index in [-0.39, 0.29) is 65.9 Å². The summed E-state index contributed by atoms with van der Waals surface area (Å²) < 4.78 is 35.5. The highest BCUT2D eigenvalue weighted by molar-refractivity contribution is 5.84. The number of carbonyl (C=O) groups excluding carboxylic acids is 4. The molecule has 16 heterocycles. The number of nitrogens with one attached hydrogen (secondary N) is 4. The minimum atomic E-state index is -0.304. The van der Waals surface area contributed by atoms with Crippen molar-refractivity contribution >= 4 is 67.8 Å². The van der Waals surface area contributed by atoms with Crippen molar-refractivity contribution in [3.8, 4) is 45.0 Å². The van der Waals surface area contributed by atoms with Gasteiger partial charge in [0.05, 0.1) is 111 Å². The predicted octanol–water partition coefficient (Wildman–Crippen LogP) is 16.3. The summed E-state index contributed by atoms with van der Waals surface area (Å²) in [6.45, 7) is 15.2. The number of fused-ring (bicyclic) bond motifs is 4. The zero-order valence-electron chi connectivity index (χ0n) is 69.4. The fourth-order valence-corrected chi connectivity index (χ4v) is 18.5. The number of likely N-dealkylation sites (tertiary alicyclic amines) is 4. The second-order valence-electron chi connectivity index (χ2n) is 33.5. The van der Waals surface area contributed by atoms with Gasteiger partial charge in [0.2, 0.25) is 23.6 Å². The number of carbonyl (C=O) groups is 4. The minimum absolute atomic E-state index is 0.0596. The monoisotopic (exact) mass is 1650 g/mol. The van der Waals surface area contributed by atoms with Gasteiger partial charge in [0, 0.05) is 155 Å². The second-order valence-corrected chi connectivity index (χ2v) is 33.5. The lowest BCUT2D eigenvalue weighted by atomic mass is 10.1. The first-order chi connectivity index (χ1) is 60.0. The zero-order chi connectivity index (χ0) is 84.5. The van der Waals surface area contributed by atoms with Crippen molar-refractivity contribution in [2.24, 2.45) is 23.7 Å². The molecule has 0 saturated carbocycles. The highest BCUT2D eigenvalue weighted by Gasteiger charge is 2.37. The summed E-state index contributed by atoms with van der Waals surface area (Å²) in [5.74, 6) is 1.80. The molecular weight excluding hydrogens is 1550 g/mol. The van der Waals surface area contributed by atoms with Gasteiger partial charge in [0.1, 0.15) is 11.6 Å². The average molecular weight is 1650 g/mol. The number of aromatic nitrogens is 16. The van der Waals surface area contributed by atoms with Gasteiger partial charge in [0.15, 0.2) is 0 Å². The SMILES string of the molecule is C[C@@H]1CC(Cn2ccc3nc(-c4cn[nH]c4)ccc32)CN1C(=O)CCc1ccc(F)cc1.C[C@@H]1CC(Cn2ccc3nc(-c4cn[nH]c4)ccc32)CN1C(=O)Cc1ccccc1.C[C@H]1CC(Cn2ccc3nc(-c4cn[nH]c4)ccc32)CN1C(=O)Cc1cccc(F)c1.C[C@H]1CC(Cn2ccc3nc(-c4cn[nH]c4)ccc32)CN1C(=O)Cc1ccccc1. The highest BCUT2D eigenvalue weighted by atomic mass is 19.1. The topological polar surface area (TPSA) is 267 Å². The van der Waals surface area contributed by atoms with Gasteiger partial charge < -0.3 is 37.9 Å². The van der Waals surface area contributed by atoms with E-state index in [1.165, 1.54) is 24.3 Å². The molecule has 4 fully saturated rings. The lowest BCUT2D eigenvalue weighted by Crippen LogP contribution is -2.35. The van der Waals surface area contributed by atoms with Crippen molar-refractivity contribution in [3.05, 3.63) is 290 Å². The molecule has 0 bridgehead atoms. The second kappa shape index (κ2) is 37.1. The first kappa shape index (κ1) is 81.6. The van der Waals surface area contributed by atoms with Crippen LogP contribution in [0.2, 0.25) is 0 Å². The van der Waals surface area contributed by atoms with Crippen LogP contribution in [-0.4, -0.2) is 173 Å². The number of hydrogen-bond donors (Lipinski definition) is 4. The van der Waals surface area contributed by atoms with E-state index in [1.807, 2.05) is 132 Å². The predicted molar refractivity (Wildman–Crippen MR) is 472 cm³/mol. The van der Waals surface area contributed by atoms with Gasteiger partial charge in [-0.05, 0) is 203 Å². The summed E-state index contributed by atoms with van der Waals surface area (Å²) in [4.78, 5) is 78.4. The Balaban J connectivity index is 0.000000116. The van der Waals surface area contributed by atoms with Gasteiger partial charge in [-0.1, -0.05) is 84.9 Å². The van der Waals surface area contributed by atoms with E-state index in [9.17, 15) is 28.0 Å². The summed E-state index contributed by atoms with van der Waals surface area (Å²) in [7, 11) is 0. The van der Waals surface area contributed by atoms with Crippen LogP contribution in [-0.2, 0) is 71.0 Å². The Bertz CT molecular complexity index is 6060. The summed E-state index contributed by atoms with van der Waals surface area (Å²) in [5, 5.41) is 27.3. The van der Waals surface area contributed by atoms with Gasteiger partial charge in [-0.15, -0.1) is 0 Å². The molecule has 0 radical (unpaired) electrons. The molecule has 123 heavy (non-hydrogen) atoms. The summed E-state index contributed by atoms with van der Waals surface area (Å²) >= 11 is 0. The molecule has 8 atom stereocenters. The number of rotatable bonds is 21. The first-order valence-corrected chi connectivity index (χ1v) is 42.5. The highest BCUT2D eigenvalue weighted by Crippen LogP contribution is 2.34. The number of aryl methyl sites for hydroxylation is 1. The van der Waals surface area contributed by atoms with E-state index in [2.05, 4.69) is 158 Å². The molecular formula is C97H100F2N20O4. The minimum Gasteiger partial charge on any atom is -0.346 e. The standard InChI is InChI=1S/C25H26FN5O.C24H24FN5O.2C24H25N5O/c1-17-12-19(16-31(17)25(32)9-4-18-2-5-21(26)6-3-18)15-30-11-10-23-24(30)8-7-22(29-23)20-13-27-28-14-20;1-16-9-18(15-30(16)24(31)11-17-3-2-4-20(25)10-17)14-29-8-7-22-23(29)6-5-21(28-22)19-12-26-27-13-19;2*1-17-11-19(16-29(17)24(30)12-18-5-3-2-4-6-18)15-28-10-9-22-23(28)8-7-21(27-22)20-13-25-26-14-20/h2-3,5-8,10-11,13-14,17,19H,4,9,12,15-16H2,1H3,(H,27,28);2-8,10,12-13,16,18H,9,11,14-15H2,1H3,(H,26,27);2*2-10,13-14,17,19H,11-12,15-16H2,1H3,(H,25,26)/t17-,19?;16-,18?;2*17-,19?/m1010/s1. The van der Waals surface area contributed by atoms with Crippen LogP contribution in [0.4, 0.5) is 8.78 Å². The molecule has 12 aromatic heterocycles. The van der Waals surface area contributed by atoms with Crippen LogP contribution >= 0.6 is 0 Å². The molecule has 626 valence electrons. The Morgan fingerprint density at radius 3 is 0.951 bits per heavy atom. The van der Waals surface area contributed by atoms with Crippen molar-refractivity contribution < 1.29 is 28.0 Å². The first-order valence-electron chi connectivity index (χ1n) is 42.5. The van der Waals surface area contributed by atoms with Gasteiger partial charge in [-0.3, -0.25) is 39.6 Å². The summed E-state index contributed by atoms with van der Waals surface area (Å²) in [6.07, 6.45) is 29.1. The fourth-order valence-electron chi connectivity index (χ4n) is 18.5. The molecule has 4 saturated heterocycles. The molecule has 20 rings (SSSR count). The molecule has 16 aromatic rings. The van der Waals surface area contributed by atoms with Crippen LogP contribution in [0.15, 0.2) is 256 Å². The molecule has 4 N–H and O–H groups in total. The van der Waals surface area contributed by atoms with Crippen molar-refractivity contribution in [2.75, 3.05) is 26.2 Å². The van der Waals surface area contributed by atoms with Crippen LogP contribution in [0.25, 0.3) is 89.2 Å². The Hall–Kier alpha value is -13.8. The van der Waals surface area contributed by atoms with E-state index in [1.54, 1.807) is 49.1 Å². The Morgan fingerprint density at radius 1 is 0.333 bits per heavy atom. The number of amides is 4. The normalized spacial score (nSPS) is 18.7. The lowest BCUT2D eigenvalue weighted by molar-refractivity contribution is -0.132. The van der Waals surface area contributed by atoms with Crippen LogP contribution in [0.1, 0.15) is 82.1 Å². The number of nitrogens with zero attached hydrogens (tertiary/aromatic N) is 16. The van der Waals surface area contributed by atoms with Gasteiger partial charge >= 0.3 is 0 Å². The van der Waals surface area contributed by atoms with Gasteiger partial charge in [-0.2, -0.15) is 20.4 Å². The molecule has 4 unspecified atom stereocenters. The maximum absolute atomic E-state index is 13.4. The van der Waals surface area contributed by atoms with E-state index < -0.39 is 0 Å². The molecule has 4 amide bonds. The third kappa shape index (κ3) is 19.3. The molecule has 4 aliphatic heterocycles. The molecule has 4 aliphatic rings. The van der Waals surface area contributed by atoms with E-state index >= 15 is 0 Å². The van der Waals surface area contributed by atoms with Crippen LogP contribution in [0, 0.1) is 35.3 Å². The largest absolute Gasteiger partial charge is 0.346 e. The Kier molecular flexibility index (Phi) is 24.6. The molecule has 4 aromatic carbocycles. The van der Waals surface area contributed by atoms with Crippen molar-refractivity contribution in [1.82, 2.24) is 98.6 Å². The Morgan fingerprint density at radius 2 is 0.642 bits per heavy atom.